The van der Waals surface area contributed by atoms with E-state index in [1.807, 2.05) is 0 Å². The molecule has 0 radical (unpaired) electrons. The zero-order valence-corrected chi connectivity index (χ0v) is 15.7. The average molecular weight is 396 g/mol. The molecule has 3 N–H and O–H groups in total. The summed E-state index contributed by atoms with van der Waals surface area (Å²) >= 11 is 0. The molecule has 150 valence electrons. The maximum Gasteiger partial charge on any atom is 0.259 e. The molecule has 2 unspecified atom stereocenters. The Labute approximate surface area is 166 Å². The monoisotopic (exact) mass is 396 g/mol. The quantitative estimate of drug-likeness (QED) is 0.612. The van der Waals surface area contributed by atoms with Crippen molar-refractivity contribution in [1.82, 2.24) is 20.8 Å². The first-order valence-corrected chi connectivity index (χ1v) is 9.83. The van der Waals surface area contributed by atoms with E-state index >= 15 is 0 Å². The van der Waals surface area contributed by atoms with Crippen LogP contribution in [0.3, 0.4) is 0 Å². The molecule has 8 heteroatoms. The minimum absolute atomic E-state index is 0.0294. The second-order valence-electron chi connectivity index (χ2n) is 7.78. The minimum Gasteiger partial charge on any atom is -0.391 e. The molecule has 7 nitrogen and oxygen atoms in total. The Morgan fingerprint density at radius 2 is 2.07 bits per heavy atom. The minimum atomic E-state index is -0.472. The molecule has 1 aliphatic carbocycles. The highest BCUT2D eigenvalue weighted by Crippen LogP contribution is 2.43. The predicted molar refractivity (Wildman–Crippen MR) is 104 cm³/mol. The summed E-state index contributed by atoms with van der Waals surface area (Å²) in [6.07, 6.45) is 1.56. The van der Waals surface area contributed by atoms with Crippen LogP contribution in [0.2, 0.25) is 0 Å². The highest BCUT2D eigenvalue weighted by Gasteiger charge is 2.32. The van der Waals surface area contributed by atoms with Crippen LogP contribution in [0.1, 0.15) is 34.8 Å². The van der Waals surface area contributed by atoms with Gasteiger partial charge in [0.05, 0.1) is 28.4 Å². The van der Waals surface area contributed by atoms with Gasteiger partial charge in [0.1, 0.15) is 5.82 Å². The van der Waals surface area contributed by atoms with Gasteiger partial charge >= 0.3 is 0 Å². The second kappa shape index (κ2) is 7.20. The predicted octanol–water partition coefficient (Wildman–Crippen LogP) is 2.22. The Kier molecular flexibility index (Phi) is 4.52. The van der Waals surface area contributed by atoms with Crippen LogP contribution in [-0.4, -0.2) is 46.9 Å². The number of aliphatic hydroxyl groups is 1. The van der Waals surface area contributed by atoms with Crippen LogP contribution in [-0.2, 0) is 0 Å². The van der Waals surface area contributed by atoms with Gasteiger partial charge in [0.2, 0.25) is 0 Å². The van der Waals surface area contributed by atoms with Gasteiger partial charge in [-0.2, -0.15) is 0 Å². The topological polar surface area (TPSA) is 100 Å². The number of rotatable bonds is 5. The van der Waals surface area contributed by atoms with Gasteiger partial charge < -0.3 is 20.3 Å². The van der Waals surface area contributed by atoms with E-state index in [0.717, 1.165) is 18.5 Å². The number of nitrogens with one attached hydrogen (secondary N) is 2. The molecule has 3 heterocycles. The Hall–Kier alpha value is -2.84. The molecule has 1 saturated carbocycles. The fourth-order valence-electron chi connectivity index (χ4n) is 3.80. The molecule has 2 fully saturated rings. The van der Waals surface area contributed by atoms with Gasteiger partial charge in [-0.1, -0.05) is 5.16 Å². The first kappa shape index (κ1) is 18.2. The van der Waals surface area contributed by atoms with E-state index in [9.17, 15) is 14.3 Å². The van der Waals surface area contributed by atoms with Gasteiger partial charge in [-0.25, -0.2) is 9.37 Å². The number of aromatic nitrogens is 2. The van der Waals surface area contributed by atoms with Crippen LogP contribution >= 0.6 is 0 Å². The van der Waals surface area contributed by atoms with Crippen molar-refractivity contribution < 1.29 is 18.8 Å². The molecule has 1 aromatic carbocycles. The summed E-state index contributed by atoms with van der Waals surface area (Å²) in [4.78, 5) is 17.6. The van der Waals surface area contributed by atoms with Crippen molar-refractivity contribution in [2.75, 3.05) is 19.6 Å². The Morgan fingerprint density at radius 1 is 1.28 bits per heavy atom. The number of fused-ring (bicyclic) bond motifs is 1. The number of aliphatic hydroxyl groups excluding tert-OH is 1. The molecule has 29 heavy (non-hydrogen) atoms. The number of pyridine rings is 1. The van der Waals surface area contributed by atoms with E-state index in [1.165, 1.54) is 12.1 Å². The van der Waals surface area contributed by atoms with Crippen molar-refractivity contribution in [3.05, 3.63) is 47.4 Å². The lowest BCUT2D eigenvalue weighted by molar-refractivity contribution is 0.0928. The average Bonchev–Trinajstić information content (AvgIpc) is 3.35. The van der Waals surface area contributed by atoms with E-state index in [4.69, 9.17) is 4.52 Å². The van der Waals surface area contributed by atoms with Crippen molar-refractivity contribution in [3.8, 4) is 11.3 Å². The number of hydrogen-bond donors (Lipinski definition) is 3. The molecule has 0 bridgehead atoms. The SMILES string of the molecule is O=C(NCC1CNCC1O)c1cc(-c2ccc(F)cc2)nc2onc(C3CC3)c12. The number of carbonyl (C=O) groups excluding carboxylic acids is 1. The molecule has 1 saturated heterocycles. The summed E-state index contributed by atoms with van der Waals surface area (Å²) in [5.41, 5.74) is 2.72. The van der Waals surface area contributed by atoms with Crippen LogP contribution in [0.5, 0.6) is 0 Å². The van der Waals surface area contributed by atoms with Crippen LogP contribution in [0.25, 0.3) is 22.4 Å². The summed E-state index contributed by atoms with van der Waals surface area (Å²) in [6.45, 7) is 1.56. The summed E-state index contributed by atoms with van der Waals surface area (Å²) < 4.78 is 18.8. The summed E-state index contributed by atoms with van der Waals surface area (Å²) in [7, 11) is 0. The fourth-order valence-corrected chi connectivity index (χ4v) is 3.80. The lowest BCUT2D eigenvalue weighted by Crippen LogP contribution is -2.34. The highest BCUT2D eigenvalue weighted by molar-refractivity contribution is 6.07. The van der Waals surface area contributed by atoms with E-state index in [2.05, 4.69) is 20.8 Å². The molecule has 2 aliphatic rings. The van der Waals surface area contributed by atoms with Crippen LogP contribution in [0.15, 0.2) is 34.9 Å². The van der Waals surface area contributed by atoms with Crippen molar-refractivity contribution >= 4 is 17.0 Å². The Morgan fingerprint density at radius 3 is 2.76 bits per heavy atom. The molecular weight excluding hydrogens is 375 g/mol. The molecule has 5 rings (SSSR count). The largest absolute Gasteiger partial charge is 0.391 e. The van der Waals surface area contributed by atoms with Gasteiger partial charge in [-0.3, -0.25) is 4.79 Å². The van der Waals surface area contributed by atoms with Crippen molar-refractivity contribution in [3.63, 3.8) is 0 Å². The number of halogens is 1. The number of β-amino-alcohol motifs (C(OH)–C–C–N with tert-alkyl or cyclic N) is 1. The zero-order chi connectivity index (χ0) is 20.0. The van der Waals surface area contributed by atoms with Crippen molar-refractivity contribution in [1.29, 1.82) is 0 Å². The third-order valence-electron chi connectivity index (χ3n) is 5.65. The number of amides is 1. The van der Waals surface area contributed by atoms with E-state index in [-0.39, 0.29) is 17.6 Å². The van der Waals surface area contributed by atoms with Gasteiger partial charge in [0, 0.05) is 37.0 Å². The number of carbonyl (C=O) groups is 1. The normalized spacial score (nSPS) is 21.6. The first-order chi connectivity index (χ1) is 14.1. The fraction of sp³-hybridized carbons (Fsp3) is 0.381. The first-order valence-electron chi connectivity index (χ1n) is 9.83. The molecule has 1 aliphatic heterocycles. The third kappa shape index (κ3) is 3.49. The lowest BCUT2D eigenvalue weighted by Gasteiger charge is -2.15. The summed E-state index contributed by atoms with van der Waals surface area (Å²) in [5, 5.41) is 20.8. The van der Waals surface area contributed by atoms with E-state index < -0.39 is 6.10 Å². The molecule has 3 aromatic rings. The molecule has 0 spiro atoms. The van der Waals surface area contributed by atoms with Crippen LogP contribution in [0.4, 0.5) is 4.39 Å². The molecule has 2 aromatic heterocycles. The Balaban J connectivity index is 1.52. The molecule has 1 amide bonds. The highest BCUT2D eigenvalue weighted by atomic mass is 19.1. The maximum atomic E-state index is 13.3. The zero-order valence-electron chi connectivity index (χ0n) is 15.7. The third-order valence-corrected chi connectivity index (χ3v) is 5.65. The number of benzene rings is 1. The standard InChI is InChI=1S/C21H21FN4O3/c22-14-5-3-11(4-6-14)16-7-15(20(28)24-9-13-8-23-10-17(13)27)18-19(12-1-2-12)26-29-21(18)25-16/h3-7,12-13,17,23,27H,1-2,8-10H2,(H,24,28). The van der Waals surface area contributed by atoms with Crippen molar-refractivity contribution in [2.24, 2.45) is 5.92 Å². The maximum absolute atomic E-state index is 13.3. The van der Waals surface area contributed by atoms with Gasteiger partial charge in [0.25, 0.3) is 11.6 Å². The van der Waals surface area contributed by atoms with Crippen LogP contribution < -0.4 is 10.6 Å². The van der Waals surface area contributed by atoms with E-state index in [1.54, 1.807) is 18.2 Å². The van der Waals surface area contributed by atoms with Crippen molar-refractivity contribution in [2.45, 2.75) is 24.9 Å². The van der Waals surface area contributed by atoms with Gasteiger partial charge in [-0.05, 0) is 43.2 Å². The number of nitrogens with zero attached hydrogens (tertiary/aromatic N) is 2. The smallest absolute Gasteiger partial charge is 0.259 e. The summed E-state index contributed by atoms with van der Waals surface area (Å²) in [6, 6.07) is 7.64. The van der Waals surface area contributed by atoms with Crippen LogP contribution in [0, 0.1) is 11.7 Å². The number of hydrogen-bond acceptors (Lipinski definition) is 6. The lowest BCUT2D eigenvalue weighted by atomic mass is 10.0. The Bertz CT molecular complexity index is 1060. The van der Waals surface area contributed by atoms with Gasteiger partial charge in [-0.15, -0.1) is 0 Å². The van der Waals surface area contributed by atoms with Gasteiger partial charge in [0.15, 0.2) is 0 Å². The molecular formula is C21H21FN4O3. The summed E-state index contributed by atoms with van der Waals surface area (Å²) in [5.74, 6) is -0.336. The second-order valence-corrected chi connectivity index (χ2v) is 7.78. The van der Waals surface area contributed by atoms with E-state index in [0.29, 0.717) is 53.5 Å². The molecule has 2 atom stereocenters.